The summed E-state index contributed by atoms with van der Waals surface area (Å²) in [7, 11) is 0. The number of nitriles is 1. The minimum Gasteiger partial charge on any atom is -0.379 e. The fourth-order valence-electron chi connectivity index (χ4n) is 1.36. The van der Waals surface area contributed by atoms with E-state index in [9.17, 15) is 0 Å². The molecule has 2 rings (SSSR count). The number of benzene rings is 1. The van der Waals surface area contributed by atoms with E-state index in [0.717, 1.165) is 10.2 Å². The molecule has 2 aromatic rings. The fourth-order valence-corrected chi connectivity index (χ4v) is 2.97. The number of hydrogen-bond acceptors (Lipinski definition) is 3. The van der Waals surface area contributed by atoms with Crippen molar-refractivity contribution in [3.05, 3.63) is 49.6 Å². The van der Waals surface area contributed by atoms with Gasteiger partial charge in [-0.2, -0.15) is 5.26 Å². The zero-order valence-electron chi connectivity index (χ0n) is 8.71. The number of nitrogens with zero attached hydrogens (tertiary/aromatic N) is 1. The van der Waals surface area contributed by atoms with Gasteiger partial charge in [-0.3, -0.25) is 0 Å². The van der Waals surface area contributed by atoms with Crippen molar-refractivity contribution in [3.63, 3.8) is 0 Å². The summed E-state index contributed by atoms with van der Waals surface area (Å²) in [5.41, 5.74) is 1.38. The van der Waals surface area contributed by atoms with Gasteiger partial charge >= 0.3 is 0 Å². The van der Waals surface area contributed by atoms with Crippen molar-refractivity contribution in [2.75, 3.05) is 5.32 Å². The molecule has 2 nitrogen and oxygen atoms in total. The first-order valence-corrected chi connectivity index (χ1v) is 6.91. The van der Waals surface area contributed by atoms with Gasteiger partial charge in [0.2, 0.25) is 0 Å². The third-order valence-corrected chi connectivity index (χ3v) is 4.48. The lowest BCUT2D eigenvalue weighted by Crippen LogP contribution is -1.99. The Morgan fingerprint density at radius 2 is 2.24 bits per heavy atom. The first-order valence-electron chi connectivity index (χ1n) is 4.86. The number of hydrogen-bond donors (Lipinski definition) is 1. The molecular weight excluding hydrogens is 320 g/mol. The van der Waals surface area contributed by atoms with E-state index in [1.807, 2.05) is 11.4 Å². The predicted molar refractivity (Wildman–Crippen MR) is 75.5 cm³/mol. The molecule has 0 amide bonds. The Morgan fingerprint density at radius 1 is 1.41 bits per heavy atom. The van der Waals surface area contributed by atoms with Crippen molar-refractivity contribution in [1.82, 2.24) is 0 Å². The van der Waals surface area contributed by atoms with Crippen molar-refractivity contribution < 1.29 is 0 Å². The normalized spacial score (nSPS) is 9.94. The molecule has 0 fully saturated rings. The molecule has 0 aliphatic rings. The summed E-state index contributed by atoms with van der Waals surface area (Å²) >= 11 is 11.2. The molecule has 0 aliphatic carbocycles. The maximum absolute atomic E-state index is 8.82. The van der Waals surface area contributed by atoms with Crippen LogP contribution < -0.4 is 5.32 Å². The molecule has 1 aromatic carbocycles. The number of halogens is 2. The highest BCUT2D eigenvalue weighted by Gasteiger charge is 2.04. The first-order chi connectivity index (χ1) is 8.20. The van der Waals surface area contributed by atoms with Gasteiger partial charge in [-0.05, 0) is 45.6 Å². The van der Waals surface area contributed by atoms with E-state index in [4.69, 9.17) is 16.9 Å². The molecule has 0 saturated heterocycles. The monoisotopic (exact) mass is 326 g/mol. The van der Waals surface area contributed by atoms with Crippen LogP contribution in [0.1, 0.15) is 10.4 Å². The second-order valence-corrected chi connectivity index (χ2v) is 5.61. The van der Waals surface area contributed by atoms with Gasteiger partial charge in [0.05, 0.1) is 28.9 Å². The second-order valence-electron chi connectivity index (χ2n) is 3.35. The number of anilines is 1. The van der Waals surface area contributed by atoms with Gasteiger partial charge in [0, 0.05) is 9.35 Å². The summed E-state index contributed by atoms with van der Waals surface area (Å²) < 4.78 is 1.09. The molecular formula is C12H8BrClN2S. The Bertz CT molecular complexity index is 574. The summed E-state index contributed by atoms with van der Waals surface area (Å²) in [4.78, 5) is 1.20. The summed E-state index contributed by atoms with van der Waals surface area (Å²) in [5.74, 6) is 0. The minimum atomic E-state index is 0.599. The molecule has 0 saturated carbocycles. The molecule has 5 heteroatoms. The summed E-state index contributed by atoms with van der Waals surface area (Å²) in [6.07, 6.45) is 0. The average molecular weight is 328 g/mol. The lowest BCUT2D eigenvalue weighted by molar-refractivity contribution is 1.18. The quantitative estimate of drug-likeness (QED) is 0.891. The van der Waals surface area contributed by atoms with Crippen LogP contribution in [-0.4, -0.2) is 0 Å². The fraction of sp³-hybridized carbons (Fsp3) is 0.0833. The second kappa shape index (κ2) is 5.54. The first kappa shape index (κ1) is 12.4. The van der Waals surface area contributed by atoms with Crippen molar-refractivity contribution in [2.45, 2.75) is 6.54 Å². The standard InChI is InChI=1S/C12H8BrClN2S/c13-9-3-4-17-12(9)7-16-11-5-8(6-15)1-2-10(11)14/h1-5,16H,7H2. The number of thiophene rings is 1. The molecule has 0 unspecified atom stereocenters. The Morgan fingerprint density at radius 3 is 2.88 bits per heavy atom. The lowest BCUT2D eigenvalue weighted by Gasteiger charge is -2.07. The van der Waals surface area contributed by atoms with Gasteiger partial charge in [-0.25, -0.2) is 0 Å². The molecule has 0 bridgehead atoms. The van der Waals surface area contributed by atoms with Gasteiger partial charge in [0.15, 0.2) is 0 Å². The van der Waals surface area contributed by atoms with Crippen LogP contribution >= 0.6 is 38.9 Å². The number of rotatable bonds is 3. The average Bonchev–Trinajstić information content (AvgIpc) is 2.74. The third kappa shape index (κ3) is 3.01. The van der Waals surface area contributed by atoms with E-state index < -0.39 is 0 Å². The van der Waals surface area contributed by atoms with Gasteiger partial charge in [0.25, 0.3) is 0 Å². The van der Waals surface area contributed by atoms with E-state index in [-0.39, 0.29) is 0 Å². The van der Waals surface area contributed by atoms with Crippen LogP contribution in [0.5, 0.6) is 0 Å². The highest BCUT2D eigenvalue weighted by molar-refractivity contribution is 9.10. The van der Waals surface area contributed by atoms with E-state index in [1.54, 1.807) is 29.5 Å². The van der Waals surface area contributed by atoms with Crippen molar-refractivity contribution >= 4 is 44.6 Å². The van der Waals surface area contributed by atoms with Crippen LogP contribution in [-0.2, 0) is 6.54 Å². The van der Waals surface area contributed by atoms with Gasteiger partial charge in [-0.1, -0.05) is 11.6 Å². The van der Waals surface area contributed by atoms with E-state index in [2.05, 4.69) is 27.3 Å². The van der Waals surface area contributed by atoms with Gasteiger partial charge < -0.3 is 5.32 Å². The molecule has 1 N–H and O–H groups in total. The number of nitrogens with one attached hydrogen (secondary N) is 1. The minimum absolute atomic E-state index is 0.599. The van der Waals surface area contributed by atoms with Crippen LogP contribution in [0.15, 0.2) is 34.1 Å². The predicted octanol–water partition coefficient (Wildman–Crippen LogP) is 4.65. The Hall–Kier alpha value is -1.02. The smallest absolute Gasteiger partial charge is 0.0992 e. The zero-order chi connectivity index (χ0) is 12.3. The van der Waals surface area contributed by atoms with Gasteiger partial charge in [-0.15, -0.1) is 11.3 Å². The molecule has 0 radical (unpaired) electrons. The summed E-state index contributed by atoms with van der Waals surface area (Å²) in [6.45, 7) is 0.687. The molecule has 0 atom stereocenters. The highest BCUT2D eigenvalue weighted by Crippen LogP contribution is 2.27. The van der Waals surface area contributed by atoms with Crippen LogP contribution in [0.4, 0.5) is 5.69 Å². The Labute approximate surface area is 117 Å². The third-order valence-electron chi connectivity index (χ3n) is 2.23. The Kier molecular flexibility index (Phi) is 4.06. The van der Waals surface area contributed by atoms with Crippen LogP contribution in [0.25, 0.3) is 0 Å². The Balaban J connectivity index is 2.14. The summed E-state index contributed by atoms with van der Waals surface area (Å²) in [6, 6.07) is 9.29. The SMILES string of the molecule is N#Cc1ccc(Cl)c(NCc2sccc2Br)c1. The molecule has 1 heterocycles. The highest BCUT2D eigenvalue weighted by atomic mass is 79.9. The lowest BCUT2D eigenvalue weighted by atomic mass is 10.2. The maximum Gasteiger partial charge on any atom is 0.0992 e. The molecule has 0 aliphatic heterocycles. The van der Waals surface area contributed by atoms with Crippen molar-refractivity contribution in [3.8, 4) is 6.07 Å². The van der Waals surface area contributed by atoms with Crippen molar-refractivity contribution in [1.29, 1.82) is 5.26 Å². The molecule has 86 valence electrons. The van der Waals surface area contributed by atoms with Crippen LogP contribution in [0.3, 0.4) is 0 Å². The zero-order valence-corrected chi connectivity index (χ0v) is 11.9. The van der Waals surface area contributed by atoms with Crippen LogP contribution in [0, 0.1) is 11.3 Å². The molecule has 17 heavy (non-hydrogen) atoms. The summed E-state index contributed by atoms with van der Waals surface area (Å²) in [5, 5.41) is 14.7. The maximum atomic E-state index is 8.82. The van der Waals surface area contributed by atoms with E-state index >= 15 is 0 Å². The van der Waals surface area contributed by atoms with E-state index in [0.29, 0.717) is 17.1 Å². The van der Waals surface area contributed by atoms with Crippen LogP contribution in [0.2, 0.25) is 5.02 Å². The van der Waals surface area contributed by atoms with Gasteiger partial charge in [0.1, 0.15) is 0 Å². The topological polar surface area (TPSA) is 35.8 Å². The largest absolute Gasteiger partial charge is 0.379 e. The van der Waals surface area contributed by atoms with Crippen molar-refractivity contribution in [2.24, 2.45) is 0 Å². The van der Waals surface area contributed by atoms with E-state index in [1.165, 1.54) is 4.88 Å². The molecule has 1 aromatic heterocycles. The molecule has 0 spiro atoms.